The van der Waals surface area contributed by atoms with Gasteiger partial charge < -0.3 is 18.8 Å². The molecular formula is C45H47NO3. The van der Waals surface area contributed by atoms with E-state index in [2.05, 4.69) is 102 Å². The molecule has 6 aromatic rings. The molecule has 5 aromatic carbocycles. The van der Waals surface area contributed by atoms with E-state index in [0.717, 1.165) is 59.4 Å². The van der Waals surface area contributed by atoms with Gasteiger partial charge in [0.1, 0.15) is 30.5 Å². The average Bonchev–Trinajstić information content (AvgIpc) is 3.43. The fourth-order valence-electron chi connectivity index (χ4n) is 7.23. The maximum absolute atomic E-state index is 6.26. The number of ether oxygens (including phenoxy) is 3. The van der Waals surface area contributed by atoms with Gasteiger partial charge >= 0.3 is 0 Å². The van der Waals surface area contributed by atoms with Crippen LogP contribution in [0.15, 0.2) is 127 Å². The molecule has 0 radical (unpaired) electrons. The Labute approximate surface area is 291 Å². The summed E-state index contributed by atoms with van der Waals surface area (Å²) in [4.78, 5) is 0. The summed E-state index contributed by atoms with van der Waals surface area (Å²) in [6, 6.07) is 44.3. The van der Waals surface area contributed by atoms with Crippen LogP contribution in [0.3, 0.4) is 0 Å². The van der Waals surface area contributed by atoms with E-state index in [4.69, 9.17) is 14.2 Å². The molecule has 7 rings (SSSR count). The van der Waals surface area contributed by atoms with Crippen LogP contribution in [-0.2, 0) is 19.8 Å². The predicted octanol–water partition coefficient (Wildman–Crippen LogP) is 11.6. The van der Waals surface area contributed by atoms with Gasteiger partial charge in [0, 0.05) is 17.4 Å². The van der Waals surface area contributed by atoms with Crippen molar-refractivity contribution in [2.45, 2.75) is 71.6 Å². The van der Waals surface area contributed by atoms with Gasteiger partial charge in [-0.3, -0.25) is 0 Å². The lowest BCUT2D eigenvalue weighted by Gasteiger charge is -2.21. The van der Waals surface area contributed by atoms with Crippen molar-refractivity contribution >= 4 is 10.9 Å². The fraction of sp³-hybridized carbons (Fsp3) is 0.289. The molecule has 1 aliphatic rings. The zero-order valence-corrected chi connectivity index (χ0v) is 28.7. The molecule has 0 aliphatic heterocycles. The molecule has 1 saturated carbocycles. The van der Waals surface area contributed by atoms with Gasteiger partial charge in [0.2, 0.25) is 0 Å². The van der Waals surface area contributed by atoms with Crippen molar-refractivity contribution in [3.63, 3.8) is 0 Å². The molecule has 1 fully saturated rings. The summed E-state index contributed by atoms with van der Waals surface area (Å²) in [5, 5.41) is 1.20. The minimum Gasteiger partial charge on any atom is -0.494 e. The molecule has 4 nitrogen and oxygen atoms in total. The van der Waals surface area contributed by atoms with Crippen molar-refractivity contribution in [2.75, 3.05) is 6.61 Å². The number of hydrogen-bond acceptors (Lipinski definition) is 3. The first-order valence-electron chi connectivity index (χ1n) is 18.0. The Morgan fingerprint density at radius 1 is 0.592 bits per heavy atom. The van der Waals surface area contributed by atoms with Gasteiger partial charge in [-0.25, -0.2) is 0 Å². The van der Waals surface area contributed by atoms with E-state index in [1.54, 1.807) is 0 Å². The third-order valence-electron chi connectivity index (χ3n) is 9.93. The van der Waals surface area contributed by atoms with Gasteiger partial charge in [0.15, 0.2) is 0 Å². The summed E-state index contributed by atoms with van der Waals surface area (Å²) in [5.41, 5.74) is 8.33. The Hall–Kier alpha value is -4.96. The molecule has 250 valence electrons. The molecule has 0 saturated heterocycles. The lowest BCUT2D eigenvalue weighted by molar-refractivity contribution is 0.269. The van der Waals surface area contributed by atoms with E-state index >= 15 is 0 Å². The Balaban J connectivity index is 1.10. The van der Waals surface area contributed by atoms with Gasteiger partial charge in [-0.15, -0.1) is 0 Å². The first-order chi connectivity index (χ1) is 24.2. The number of aryl methyl sites for hydroxylation is 1. The van der Waals surface area contributed by atoms with Crippen LogP contribution in [0.2, 0.25) is 0 Å². The normalized spacial score (nSPS) is 13.4. The second kappa shape index (κ2) is 16.0. The van der Waals surface area contributed by atoms with E-state index < -0.39 is 0 Å². The van der Waals surface area contributed by atoms with Gasteiger partial charge in [-0.05, 0) is 108 Å². The van der Waals surface area contributed by atoms with Crippen LogP contribution in [0.4, 0.5) is 0 Å². The van der Waals surface area contributed by atoms with Gasteiger partial charge in [-0.1, -0.05) is 105 Å². The molecule has 0 N–H and O–H groups in total. The molecule has 0 unspecified atom stereocenters. The summed E-state index contributed by atoms with van der Waals surface area (Å²) in [6.45, 7) is 4.85. The van der Waals surface area contributed by atoms with E-state index in [-0.39, 0.29) is 0 Å². The first kappa shape index (κ1) is 32.6. The zero-order chi connectivity index (χ0) is 33.3. The van der Waals surface area contributed by atoms with Gasteiger partial charge in [0.25, 0.3) is 0 Å². The third-order valence-corrected chi connectivity index (χ3v) is 9.93. The third kappa shape index (κ3) is 8.37. The minimum atomic E-state index is 0.540. The molecule has 0 atom stereocenters. The Morgan fingerprint density at radius 2 is 1.18 bits per heavy atom. The van der Waals surface area contributed by atoms with Gasteiger partial charge in [-0.2, -0.15) is 0 Å². The lowest BCUT2D eigenvalue weighted by atomic mass is 9.86. The standard InChI is InChI=1S/C45H47NO3/c1-34-43-30-42(49-33-38-16-9-4-10-17-38)27-28-44(43)46(45(34)39-21-25-41(26-22-39)48-32-37-14-7-3-8-15-37)31-36-19-23-40(24-20-36)47-29-11-18-35-12-5-2-6-13-35/h3-4,7-10,14-17,19-28,30,35H,2,5-6,11-13,18,29,31-33H2,1H3. The highest BCUT2D eigenvalue weighted by Gasteiger charge is 2.18. The maximum Gasteiger partial charge on any atom is 0.120 e. The molecule has 49 heavy (non-hydrogen) atoms. The summed E-state index contributed by atoms with van der Waals surface area (Å²) < 4.78 is 21.0. The highest BCUT2D eigenvalue weighted by Crippen LogP contribution is 2.37. The molecule has 4 heteroatoms. The van der Waals surface area contributed by atoms with E-state index in [9.17, 15) is 0 Å². The number of hydrogen-bond donors (Lipinski definition) is 0. The van der Waals surface area contributed by atoms with Crippen LogP contribution in [-0.4, -0.2) is 11.2 Å². The lowest BCUT2D eigenvalue weighted by Crippen LogP contribution is -2.08. The second-order valence-corrected chi connectivity index (χ2v) is 13.5. The van der Waals surface area contributed by atoms with Crippen LogP contribution in [0.25, 0.3) is 22.2 Å². The summed E-state index contributed by atoms with van der Waals surface area (Å²) in [6.07, 6.45) is 9.46. The summed E-state index contributed by atoms with van der Waals surface area (Å²) in [7, 11) is 0. The largest absolute Gasteiger partial charge is 0.494 e. The number of aromatic nitrogens is 1. The van der Waals surface area contributed by atoms with Crippen molar-refractivity contribution in [1.82, 2.24) is 4.57 Å². The van der Waals surface area contributed by atoms with Crippen molar-refractivity contribution in [2.24, 2.45) is 5.92 Å². The monoisotopic (exact) mass is 649 g/mol. The number of nitrogens with zero attached hydrogens (tertiary/aromatic N) is 1. The zero-order valence-electron chi connectivity index (χ0n) is 28.7. The second-order valence-electron chi connectivity index (χ2n) is 13.5. The molecule has 0 bridgehead atoms. The molecule has 1 heterocycles. The Morgan fingerprint density at radius 3 is 1.86 bits per heavy atom. The van der Waals surface area contributed by atoms with E-state index in [1.165, 1.54) is 66.2 Å². The van der Waals surface area contributed by atoms with Crippen molar-refractivity contribution in [3.05, 3.63) is 150 Å². The smallest absolute Gasteiger partial charge is 0.120 e. The minimum absolute atomic E-state index is 0.540. The van der Waals surface area contributed by atoms with Crippen molar-refractivity contribution in [1.29, 1.82) is 0 Å². The van der Waals surface area contributed by atoms with Crippen molar-refractivity contribution < 1.29 is 14.2 Å². The van der Waals surface area contributed by atoms with Crippen LogP contribution in [0.5, 0.6) is 17.2 Å². The summed E-state index contributed by atoms with van der Waals surface area (Å²) in [5.74, 6) is 3.59. The number of benzene rings is 5. The van der Waals surface area contributed by atoms with Crippen LogP contribution < -0.4 is 14.2 Å². The van der Waals surface area contributed by atoms with E-state index in [1.807, 2.05) is 36.4 Å². The SMILES string of the molecule is Cc1c(-c2ccc(OCc3ccccc3)cc2)n(Cc2ccc(OCCCC3CCCCC3)cc2)c2ccc(OCc3ccccc3)cc12. The Bertz CT molecular complexity index is 1910. The van der Waals surface area contributed by atoms with Crippen molar-refractivity contribution in [3.8, 4) is 28.5 Å². The fourth-order valence-corrected chi connectivity index (χ4v) is 7.23. The number of rotatable bonds is 14. The molecule has 0 amide bonds. The molecular weight excluding hydrogens is 602 g/mol. The van der Waals surface area contributed by atoms with E-state index in [0.29, 0.717) is 13.2 Å². The first-order valence-corrected chi connectivity index (χ1v) is 18.0. The molecule has 1 aromatic heterocycles. The van der Waals surface area contributed by atoms with Crippen LogP contribution in [0.1, 0.15) is 67.2 Å². The predicted molar refractivity (Wildman–Crippen MR) is 201 cm³/mol. The maximum atomic E-state index is 6.26. The van der Waals surface area contributed by atoms with Crippen LogP contribution >= 0.6 is 0 Å². The summed E-state index contributed by atoms with van der Waals surface area (Å²) >= 11 is 0. The van der Waals surface area contributed by atoms with Gasteiger partial charge in [0.05, 0.1) is 12.3 Å². The molecule has 0 spiro atoms. The highest BCUT2D eigenvalue weighted by atomic mass is 16.5. The van der Waals surface area contributed by atoms with Crippen LogP contribution in [0, 0.1) is 12.8 Å². The quantitative estimate of drug-likeness (QED) is 0.110. The highest BCUT2D eigenvalue weighted by molar-refractivity contribution is 5.92. The Kier molecular flexibility index (Phi) is 10.6. The molecule has 1 aliphatic carbocycles. The topological polar surface area (TPSA) is 32.6 Å². The average molecular weight is 650 g/mol. The number of fused-ring (bicyclic) bond motifs is 1.